The standard InChI is InChI=1S/C15H12N6O/c1-9-13-20-19-11-5-6-12(22-2)18-15(11)21(13)14(17-9)10-4-3-7-16-8-10/h3-8H,1-2H3. The van der Waals surface area contributed by atoms with Gasteiger partial charge in [-0.15, -0.1) is 10.2 Å². The molecule has 108 valence electrons. The number of hydrogen-bond acceptors (Lipinski definition) is 6. The third kappa shape index (κ3) is 1.79. The molecule has 4 aromatic heterocycles. The molecule has 0 bridgehead atoms. The lowest BCUT2D eigenvalue weighted by molar-refractivity contribution is 0.399. The van der Waals surface area contributed by atoms with Gasteiger partial charge >= 0.3 is 0 Å². The molecule has 4 aromatic rings. The number of methoxy groups -OCH3 is 1. The summed E-state index contributed by atoms with van der Waals surface area (Å²) in [5.41, 5.74) is 3.69. The molecule has 0 atom stereocenters. The van der Waals surface area contributed by atoms with E-state index in [4.69, 9.17) is 4.74 Å². The molecule has 0 aliphatic rings. The van der Waals surface area contributed by atoms with Crippen molar-refractivity contribution in [3.8, 4) is 17.3 Å². The minimum absolute atomic E-state index is 0.519. The topological polar surface area (TPSA) is 78.1 Å². The summed E-state index contributed by atoms with van der Waals surface area (Å²) in [6, 6.07) is 7.41. The van der Waals surface area contributed by atoms with Gasteiger partial charge in [-0.3, -0.25) is 9.38 Å². The smallest absolute Gasteiger partial charge is 0.215 e. The number of rotatable bonds is 2. The van der Waals surface area contributed by atoms with Gasteiger partial charge in [-0.1, -0.05) is 0 Å². The fraction of sp³-hybridized carbons (Fsp3) is 0.133. The molecular formula is C15H12N6O. The van der Waals surface area contributed by atoms with E-state index in [1.807, 2.05) is 29.5 Å². The highest BCUT2D eigenvalue weighted by atomic mass is 16.5. The summed E-state index contributed by atoms with van der Waals surface area (Å²) in [5, 5.41) is 8.47. The molecule has 0 aliphatic carbocycles. The second-order valence-corrected chi connectivity index (χ2v) is 4.82. The molecule has 0 N–H and O–H groups in total. The molecule has 4 heterocycles. The van der Waals surface area contributed by atoms with E-state index in [2.05, 4.69) is 25.1 Å². The number of ether oxygens (including phenoxy) is 1. The Morgan fingerprint density at radius 3 is 2.73 bits per heavy atom. The summed E-state index contributed by atoms with van der Waals surface area (Å²) < 4.78 is 7.10. The molecule has 0 saturated carbocycles. The zero-order valence-electron chi connectivity index (χ0n) is 12.1. The van der Waals surface area contributed by atoms with Crippen LogP contribution in [0.15, 0.2) is 36.7 Å². The van der Waals surface area contributed by atoms with E-state index in [0.29, 0.717) is 22.7 Å². The van der Waals surface area contributed by atoms with Gasteiger partial charge in [0, 0.05) is 24.0 Å². The molecule has 0 radical (unpaired) electrons. The van der Waals surface area contributed by atoms with Crippen LogP contribution in [0.5, 0.6) is 5.88 Å². The van der Waals surface area contributed by atoms with Crippen molar-refractivity contribution in [1.82, 2.24) is 29.5 Å². The number of aryl methyl sites for hydroxylation is 1. The highest BCUT2D eigenvalue weighted by molar-refractivity contribution is 5.77. The zero-order valence-corrected chi connectivity index (χ0v) is 12.1. The molecule has 7 nitrogen and oxygen atoms in total. The molecule has 4 rings (SSSR count). The maximum absolute atomic E-state index is 5.22. The monoisotopic (exact) mass is 292 g/mol. The van der Waals surface area contributed by atoms with E-state index in [1.54, 1.807) is 25.6 Å². The predicted molar refractivity (Wildman–Crippen MR) is 80.6 cm³/mol. The van der Waals surface area contributed by atoms with Crippen molar-refractivity contribution in [2.45, 2.75) is 6.92 Å². The van der Waals surface area contributed by atoms with Crippen LogP contribution in [0.4, 0.5) is 0 Å². The normalized spacial score (nSPS) is 11.2. The highest BCUT2D eigenvalue weighted by Gasteiger charge is 2.16. The van der Waals surface area contributed by atoms with Crippen molar-refractivity contribution >= 4 is 16.8 Å². The Morgan fingerprint density at radius 2 is 1.95 bits per heavy atom. The summed E-state index contributed by atoms with van der Waals surface area (Å²) in [6.07, 6.45) is 3.49. The van der Waals surface area contributed by atoms with Crippen LogP contribution >= 0.6 is 0 Å². The molecule has 22 heavy (non-hydrogen) atoms. The van der Waals surface area contributed by atoms with Gasteiger partial charge in [0.2, 0.25) is 5.88 Å². The first-order valence-corrected chi connectivity index (χ1v) is 6.75. The van der Waals surface area contributed by atoms with E-state index >= 15 is 0 Å². The SMILES string of the molecule is COc1ccc2nnc3c(C)nc(-c4cccnc4)n3c2n1. The summed E-state index contributed by atoms with van der Waals surface area (Å²) in [6.45, 7) is 1.90. The van der Waals surface area contributed by atoms with Crippen LogP contribution in [0.1, 0.15) is 5.69 Å². The van der Waals surface area contributed by atoms with Gasteiger partial charge in [0.15, 0.2) is 11.3 Å². The molecular weight excluding hydrogens is 280 g/mol. The van der Waals surface area contributed by atoms with Gasteiger partial charge in [-0.2, -0.15) is 4.98 Å². The van der Waals surface area contributed by atoms with Crippen molar-refractivity contribution < 1.29 is 4.74 Å². The van der Waals surface area contributed by atoms with Crippen LogP contribution in [-0.2, 0) is 0 Å². The lowest BCUT2D eigenvalue weighted by Crippen LogP contribution is -2.00. The van der Waals surface area contributed by atoms with E-state index in [-0.39, 0.29) is 0 Å². The molecule has 7 heteroatoms. The Labute approximate surface area is 125 Å². The third-order valence-corrected chi connectivity index (χ3v) is 3.44. The number of aromatic nitrogens is 6. The first kappa shape index (κ1) is 12.6. The van der Waals surface area contributed by atoms with Gasteiger partial charge < -0.3 is 4.74 Å². The molecule has 0 aliphatic heterocycles. The summed E-state index contributed by atoms with van der Waals surface area (Å²) in [4.78, 5) is 13.3. The van der Waals surface area contributed by atoms with Crippen molar-refractivity contribution in [3.05, 3.63) is 42.4 Å². The Balaban J connectivity index is 2.15. The van der Waals surface area contributed by atoms with Crippen molar-refractivity contribution in [3.63, 3.8) is 0 Å². The molecule has 0 fully saturated rings. The third-order valence-electron chi connectivity index (χ3n) is 3.44. The van der Waals surface area contributed by atoms with Gasteiger partial charge in [-0.05, 0) is 25.1 Å². The largest absolute Gasteiger partial charge is 0.481 e. The van der Waals surface area contributed by atoms with Gasteiger partial charge in [0.05, 0.1) is 12.8 Å². The fourth-order valence-electron chi connectivity index (χ4n) is 2.41. The van der Waals surface area contributed by atoms with E-state index in [0.717, 1.165) is 17.1 Å². The van der Waals surface area contributed by atoms with Gasteiger partial charge in [-0.25, -0.2) is 4.98 Å². The zero-order chi connectivity index (χ0) is 15.1. The minimum Gasteiger partial charge on any atom is -0.481 e. The Kier molecular flexibility index (Phi) is 2.72. The van der Waals surface area contributed by atoms with Crippen LogP contribution in [-0.4, -0.2) is 36.7 Å². The van der Waals surface area contributed by atoms with E-state index < -0.39 is 0 Å². The number of hydrogen-bond donors (Lipinski definition) is 0. The Morgan fingerprint density at radius 1 is 1.05 bits per heavy atom. The minimum atomic E-state index is 0.519. The maximum Gasteiger partial charge on any atom is 0.215 e. The highest BCUT2D eigenvalue weighted by Crippen LogP contribution is 2.24. The van der Waals surface area contributed by atoms with Crippen LogP contribution < -0.4 is 4.74 Å². The van der Waals surface area contributed by atoms with Crippen molar-refractivity contribution in [1.29, 1.82) is 0 Å². The Hall–Kier alpha value is -3.09. The lowest BCUT2D eigenvalue weighted by atomic mass is 10.3. The predicted octanol–water partition coefficient (Wildman–Crippen LogP) is 2.05. The number of pyridine rings is 2. The van der Waals surface area contributed by atoms with Crippen molar-refractivity contribution in [2.75, 3.05) is 7.11 Å². The second kappa shape index (κ2) is 4.73. The quantitative estimate of drug-likeness (QED) is 0.562. The van der Waals surface area contributed by atoms with Crippen molar-refractivity contribution in [2.24, 2.45) is 0 Å². The van der Waals surface area contributed by atoms with E-state index in [9.17, 15) is 0 Å². The molecule has 0 saturated heterocycles. The number of imidazole rings is 1. The number of fused-ring (bicyclic) bond motifs is 3. The van der Waals surface area contributed by atoms with Crippen LogP contribution in [0.25, 0.3) is 28.2 Å². The summed E-state index contributed by atoms with van der Waals surface area (Å²) in [5.74, 6) is 1.26. The second-order valence-electron chi connectivity index (χ2n) is 4.82. The van der Waals surface area contributed by atoms with Crippen LogP contribution in [0.3, 0.4) is 0 Å². The summed E-state index contributed by atoms with van der Waals surface area (Å²) in [7, 11) is 1.58. The molecule has 0 spiro atoms. The maximum atomic E-state index is 5.22. The average Bonchev–Trinajstić information content (AvgIpc) is 2.92. The first-order chi connectivity index (χ1) is 10.8. The van der Waals surface area contributed by atoms with Crippen LogP contribution in [0, 0.1) is 6.92 Å². The summed E-state index contributed by atoms with van der Waals surface area (Å²) >= 11 is 0. The van der Waals surface area contributed by atoms with Gasteiger partial charge in [0.25, 0.3) is 0 Å². The van der Waals surface area contributed by atoms with Gasteiger partial charge in [0.1, 0.15) is 11.3 Å². The first-order valence-electron chi connectivity index (χ1n) is 6.75. The molecule has 0 aromatic carbocycles. The van der Waals surface area contributed by atoms with Crippen LogP contribution in [0.2, 0.25) is 0 Å². The molecule has 0 amide bonds. The molecule has 0 unspecified atom stereocenters. The Bertz CT molecular complexity index is 980. The fourth-order valence-corrected chi connectivity index (χ4v) is 2.41. The van der Waals surface area contributed by atoms with E-state index in [1.165, 1.54) is 0 Å². The average molecular weight is 292 g/mol. The lowest BCUT2D eigenvalue weighted by Gasteiger charge is -2.05. The number of nitrogens with zero attached hydrogens (tertiary/aromatic N) is 6.